The van der Waals surface area contributed by atoms with E-state index in [4.69, 9.17) is 0 Å². The minimum absolute atomic E-state index is 0.0169. The third-order valence-electron chi connectivity index (χ3n) is 5.71. The van der Waals surface area contributed by atoms with Crippen molar-refractivity contribution in [2.24, 2.45) is 5.92 Å². The molecule has 0 radical (unpaired) electrons. The lowest BCUT2D eigenvalue weighted by atomic mass is 9.89. The Kier molecular flexibility index (Phi) is 5.90. The van der Waals surface area contributed by atoms with Crippen molar-refractivity contribution in [1.82, 2.24) is 15.1 Å². The van der Waals surface area contributed by atoms with Gasteiger partial charge in [-0.25, -0.2) is 0 Å². The molecule has 4 heteroatoms. The first kappa shape index (κ1) is 17.4. The molecule has 2 aliphatic heterocycles. The Labute approximate surface area is 146 Å². The van der Waals surface area contributed by atoms with Crippen molar-refractivity contribution in [3.8, 4) is 0 Å². The highest BCUT2D eigenvalue weighted by Gasteiger charge is 2.32. The van der Waals surface area contributed by atoms with Crippen LogP contribution in [0.25, 0.3) is 0 Å². The van der Waals surface area contributed by atoms with Crippen molar-refractivity contribution in [2.75, 3.05) is 32.7 Å². The second kappa shape index (κ2) is 8.13. The first-order valence-corrected chi connectivity index (χ1v) is 9.44. The molecule has 1 unspecified atom stereocenters. The minimum Gasteiger partial charge on any atom is -0.336 e. The third kappa shape index (κ3) is 4.17. The molecule has 0 saturated carbocycles. The highest BCUT2D eigenvalue weighted by atomic mass is 16.2. The van der Waals surface area contributed by atoms with Gasteiger partial charge in [-0.2, -0.15) is 0 Å². The Morgan fingerprint density at radius 2 is 1.92 bits per heavy atom. The van der Waals surface area contributed by atoms with Gasteiger partial charge in [0.15, 0.2) is 0 Å². The fourth-order valence-corrected chi connectivity index (χ4v) is 4.06. The Bertz CT molecular complexity index is 525. The number of carbonyl (C=O) groups excluding carboxylic acids is 1. The van der Waals surface area contributed by atoms with Crippen LogP contribution in [0, 0.1) is 5.92 Å². The maximum absolute atomic E-state index is 12.8. The van der Waals surface area contributed by atoms with E-state index in [2.05, 4.69) is 59.3 Å². The molecule has 1 amide bonds. The Balaban J connectivity index is 1.49. The van der Waals surface area contributed by atoms with Crippen molar-refractivity contribution in [1.29, 1.82) is 0 Å². The number of likely N-dealkylation sites (tertiary alicyclic amines) is 1. The average Bonchev–Trinajstić information content (AvgIpc) is 2.62. The largest absolute Gasteiger partial charge is 0.336 e. The van der Waals surface area contributed by atoms with Gasteiger partial charge in [0.05, 0.1) is 6.04 Å². The van der Waals surface area contributed by atoms with Crippen LogP contribution < -0.4 is 5.32 Å². The van der Waals surface area contributed by atoms with E-state index in [0.717, 1.165) is 38.6 Å². The quantitative estimate of drug-likeness (QED) is 0.919. The summed E-state index contributed by atoms with van der Waals surface area (Å²) < 4.78 is 0. The zero-order valence-electron chi connectivity index (χ0n) is 15.1. The van der Waals surface area contributed by atoms with Crippen LogP contribution in [0.15, 0.2) is 30.3 Å². The lowest BCUT2D eigenvalue weighted by Crippen LogP contribution is -2.57. The number of rotatable bonds is 4. The van der Waals surface area contributed by atoms with E-state index in [1.807, 2.05) is 0 Å². The summed E-state index contributed by atoms with van der Waals surface area (Å²) in [4.78, 5) is 17.3. The van der Waals surface area contributed by atoms with E-state index < -0.39 is 0 Å². The van der Waals surface area contributed by atoms with E-state index in [0.29, 0.717) is 11.9 Å². The highest BCUT2D eigenvalue weighted by molar-refractivity contribution is 5.82. The normalized spacial score (nSPS) is 24.8. The summed E-state index contributed by atoms with van der Waals surface area (Å²) in [5, 5.41) is 3.36. The smallest absolute Gasteiger partial charge is 0.239 e. The van der Waals surface area contributed by atoms with E-state index in [9.17, 15) is 4.79 Å². The minimum atomic E-state index is 0.0169. The maximum Gasteiger partial charge on any atom is 0.239 e. The van der Waals surface area contributed by atoms with Gasteiger partial charge in [0.25, 0.3) is 0 Å². The first-order valence-electron chi connectivity index (χ1n) is 9.44. The molecule has 1 aromatic rings. The molecule has 2 aliphatic rings. The zero-order chi connectivity index (χ0) is 16.9. The summed E-state index contributed by atoms with van der Waals surface area (Å²) in [6.45, 7) is 9.00. The summed E-state index contributed by atoms with van der Waals surface area (Å²) in [6, 6.07) is 11.1. The lowest BCUT2D eigenvalue weighted by Gasteiger charge is -2.40. The zero-order valence-corrected chi connectivity index (χ0v) is 15.1. The lowest BCUT2D eigenvalue weighted by molar-refractivity contribution is -0.139. The molecular weight excluding hydrogens is 298 g/mol. The molecule has 1 N–H and O–H groups in total. The van der Waals surface area contributed by atoms with Crippen molar-refractivity contribution in [3.63, 3.8) is 0 Å². The molecule has 0 aliphatic carbocycles. The van der Waals surface area contributed by atoms with Crippen LogP contribution in [-0.2, 0) is 11.2 Å². The fourth-order valence-electron chi connectivity index (χ4n) is 4.06. The number of hydrogen-bond donors (Lipinski definition) is 1. The van der Waals surface area contributed by atoms with Crippen LogP contribution in [0.4, 0.5) is 0 Å². The second-order valence-electron chi connectivity index (χ2n) is 7.43. The van der Waals surface area contributed by atoms with Crippen molar-refractivity contribution >= 4 is 5.91 Å². The number of piperazine rings is 1. The Morgan fingerprint density at radius 3 is 2.58 bits per heavy atom. The van der Waals surface area contributed by atoms with Gasteiger partial charge in [0, 0.05) is 25.7 Å². The van der Waals surface area contributed by atoms with Crippen LogP contribution in [0.1, 0.15) is 32.3 Å². The molecule has 4 nitrogen and oxygen atoms in total. The van der Waals surface area contributed by atoms with Gasteiger partial charge < -0.3 is 10.2 Å². The molecule has 2 heterocycles. The summed E-state index contributed by atoms with van der Waals surface area (Å²) in [5.74, 6) is 1.06. The molecule has 3 rings (SSSR count). The summed E-state index contributed by atoms with van der Waals surface area (Å²) in [7, 11) is 0. The second-order valence-corrected chi connectivity index (χ2v) is 7.43. The Hall–Kier alpha value is -1.39. The van der Waals surface area contributed by atoms with Gasteiger partial charge in [-0.05, 0) is 57.7 Å². The van der Waals surface area contributed by atoms with Gasteiger partial charge in [-0.15, -0.1) is 0 Å². The molecule has 132 valence electrons. The van der Waals surface area contributed by atoms with Crippen LogP contribution in [0.2, 0.25) is 0 Å². The molecule has 2 atom stereocenters. The predicted octanol–water partition coefficient (Wildman–Crippen LogP) is 2.15. The number of piperidine rings is 1. The predicted molar refractivity (Wildman–Crippen MR) is 97.9 cm³/mol. The molecule has 1 aromatic carbocycles. The third-order valence-corrected chi connectivity index (χ3v) is 5.71. The standard InChI is InChI=1S/C20H31N3O/c1-16-15-21-10-13-23(16)20(24)17(2)22-11-8-19(9-12-22)14-18-6-4-3-5-7-18/h3-7,16-17,19,21H,8-15H2,1-2H3/t16-,17?/m1/s1. The topological polar surface area (TPSA) is 35.6 Å². The van der Waals surface area contributed by atoms with Crippen molar-refractivity contribution in [3.05, 3.63) is 35.9 Å². The fraction of sp³-hybridized carbons (Fsp3) is 0.650. The maximum atomic E-state index is 12.8. The van der Waals surface area contributed by atoms with E-state index in [1.54, 1.807) is 0 Å². The Morgan fingerprint density at radius 1 is 1.21 bits per heavy atom. The SMILES string of the molecule is CC(C(=O)N1CCNC[C@H]1C)N1CCC(Cc2ccccc2)CC1. The van der Waals surface area contributed by atoms with Crippen LogP contribution in [-0.4, -0.2) is 60.5 Å². The molecule has 24 heavy (non-hydrogen) atoms. The van der Waals surface area contributed by atoms with Crippen LogP contribution in [0.3, 0.4) is 0 Å². The van der Waals surface area contributed by atoms with Crippen molar-refractivity contribution < 1.29 is 4.79 Å². The average molecular weight is 329 g/mol. The number of benzene rings is 1. The molecule has 0 aromatic heterocycles. The monoisotopic (exact) mass is 329 g/mol. The molecule has 0 bridgehead atoms. The molecule has 2 fully saturated rings. The van der Waals surface area contributed by atoms with E-state index in [1.165, 1.54) is 24.8 Å². The van der Waals surface area contributed by atoms with Gasteiger partial charge in [-0.3, -0.25) is 9.69 Å². The van der Waals surface area contributed by atoms with Crippen molar-refractivity contribution in [2.45, 2.75) is 45.2 Å². The highest BCUT2D eigenvalue weighted by Crippen LogP contribution is 2.23. The number of nitrogens with one attached hydrogen (secondary N) is 1. The number of hydrogen-bond acceptors (Lipinski definition) is 3. The first-order chi connectivity index (χ1) is 11.6. The number of amides is 1. The van der Waals surface area contributed by atoms with Gasteiger partial charge in [-0.1, -0.05) is 30.3 Å². The summed E-state index contributed by atoms with van der Waals surface area (Å²) >= 11 is 0. The molecular formula is C20H31N3O. The van der Waals surface area contributed by atoms with Gasteiger partial charge >= 0.3 is 0 Å². The summed E-state index contributed by atoms with van der Waals surface area (Å²) in [5.41, 5.74) is 1.44. The van der Waals surface area contributed by atoms with Gasteiger partial charge in [0.1, 0.15) is 0 Å². The van der Waals surface area contributed by atoms with Crippen LogP contribution in [0.5, 0.6) is 0 Å². The summed E-state index contributed by atoms with van der Waals surface area (Å²) in [6.07, 6.45) is 3.57. The number of nitrogens with zero attached hydrogens (tertiary/aromatic N) is 2. The van der Waals surface area contributed by atoms with E-state index >= 15 is 0 Å². The van der Waals surface area contributed by atoms with E-state index in [-0.39, 0.29) is 6.04 Å². The molecule has 2 saturated heterocycles. The number of carbonyl (C=O) groups is 1. The molecule has 0 spiro atoms. The van der Waals surface area contributed by atoms with Gasteiger partial charge in [0.2, 0.25) is 5.91 Å². The van der Waals surface area contributed by atoms with Crippen LogP contribution >= 0.6 is 0 Å².